The fraction of sp³-hybridized carbons (Fsp3) is 0.778. The van der Waals surface area contributed by atoms with Crippen LogP contribution in [-0.2, 0) is 9.59 Å². The van der Waals surface area contributed by atoms with Crippen LogP contribution in [0.15, 0.2) is 0 Å². The van der Waals surface area contributed by atoms with Gasteiger partial charge in [0.2, 0.25) is 11.8 Å². The second-order valence-corrected chi connectivity index (χ2v) is 3.62. The summed E-state index contributed by atoms with van der Waals surface area (Å²) >= 11 is 0. The maximum atomic E-state index is 11.3. The van der Waals surface area contributed by atoms with Crippen LogP contribution in [0.25, 0.3) is 0 Å². The number of rotatable bonds is 5. The van der Waals surface area contributed by atoms with Crippen LogP contribution in [0.5, 0.6) is 0 Å². The molecule has 0 atom stereocenters. The van der Waals surface area contributed by atoms with Crippen LogP contribution < -0.4 is 16.4 Å². The van der Waals surface area contributed by atoms with E-state index < -0.39 is 5.54 Å². The Bertz CT molecular complexity index is 236. The molecule has 0 aromatic carbocycles. The molecule has 0 radical (unpaired) electrons. The molecular weight excluding hydrogens is 182 g/mol. The fourth-order valence-electron chi connectivity index (χ4n) is 1.11. The molecule has 14 heavy (non-hydrogen) atoms. The van der Waals surface area contributed by atoms with Gasteiger partial charge in [0, 0.05) is 19.5 Å². The molecule has 0 aliphatic heterocycles. The Morgan fingerprint density at radius 1 is 1.36 bits per heavy atom. The molecule has 0 aromatic rings. The zero-order chi connectivity index (χ0) is 10.6. The number of nitrogens with two attached hydrogens (primary N) is 1. The van der Waals surface area contributed by atoms with Gasteiger partial charge in [0.25, 0.3) is 0 Å². The highest BCUT2D eigenvalue weighted by Gasteiger charge is 2.45. The molecule has 0 heterocycles. The van der Waals surface area contributed by atoms with Gasteiger partial charge in [-0.15, -0.1) is 0 Å². The number of amides is 2. The van der Waals surface area contributed by atoms with Crippen LogP contribution in [0.1, 0.15) is 26.2 Å². The summed E-state index contributed by atoms with van der Waals surface area (Å²) in [5.74, 6) is -0.184. The van der Waals surface area contributed by atoms with Crippen LogP contribution in [-0.4, -0.2) is 30.4 Å². The Hall–Kier alpha value is -1.10. The Labute approximate surface area is 83.4 Å². The van der Waals surface area contributed by atoms with E-state index in [1.54, 1.807) is 0 Å². The average Bonchev–Trinajstić information content (AvgIpc) is 2.85. The molecule has 1 fully saturated rings. The maximum absolute atomic E-state index is 11.3. The Morgan fingerprint density at radius 3 is 2.50 bits per heavy atom. The van der Waals surface area contributed by atoms with Crippen molar-refractivity contribution in [2.45, 2.75) is 31.7 Å². The third kappa shape index (κ3) is 2.99. The predicted molar refractivity (Wildman–Crippen MR) is 52.5 cm³/mol. The summed E-state index contributed by atoms with van der Waals surface area (Å²) in [4.78, 5) is 22.3. The van der Waals surface area contributed by atoms with Gasteiger partial charge in [0.05, 0.1) is 5.54 Å². The van der Waals surface area contributed by atoms with Gasteiger partial charge in [0.15, 0.2) is 0 Å². The van der Waals surface area contributed by atoms with Crippen molar-refractivity contribution < 1.29 is 9.59 Å². The summed E-state index contributed by atoms with van der Waals surface area (Å²) in [7, 11) is 0. The first-order chi connectivity index (χ1) is 6.58. The SMILES string of the molecule is CCNC(=O)CCNC(=O)C1(N)CC1. The maximum Gasteiger partial charge on any atom is 0.240 e. The van der Waals surface area contributed by atoms with Crippen LogP contribution in [0.2, 0.25) is 0 Å². The van der Waals surface area contributed by atoms with Gasteiger partial charge >= 0.3 is 0 Å². The Balaban J connectivity index is 2.09. The van der Waals surface area contributed by atoms with E-state index in [1.807, 2.05) is 6.92 Å². The van der Waals surface area contributed by atoms with E-state index >= 15 is 0 Å². The van der Waals surface area contributed by atoms with Crippen LogP contribution >= 0.6 is 0 Å². The molecule has 0 saturated heterocycles. The number of hydrogen-bond donors (Lipinski definition) is 3. The van der Waals surface area contributed by atoms with Gasteiger partial charge < -0.3 is 16.4 Å². The molecule has 0 unspecified atom stereocenters. The first-order valence-electron chi connectivity index (χ1n) is 4.92. The summed E-state index contributed by atoms with van der Waals surface area (Å²) in [6.07, 6.45) is 1.82. The molecule has 0 aromatic heterocycles. The minimum atomic E-state index is -0.638. The quantitative estimate of drug-likeness (QED) is 0.537. The van der Waals surface area contributed by atoms with Crippen LogP contribution in [0.3, 0.4) is 0 Å². The minimum absolute atomic E-state index is 0.0466. The molecule has 0 bridgehead atoms. The summed E-state index contributed by atoms with van der Waals surface area (Å²) in [5.41, 5.74) is 5.02. The van der Waals surface area contributed by atoms with Crippen molar-refractivity contribution in [1.29, 1.82) is 0 Å². The zero-order valence-corrected chi connectivity index (χ0v) is 8.43. The molecule has 80 valence electrons. The molecule has 5 heteroatoms. The molecular formula is C9H17N3O2. The summed E-state index contributed by atoms with van der Waals surface area (Å²) in [6.45, 7) is 2.84. The van der Waals surface area contributed by atoms with Crippen molar-refractivity contribution >= 4 is 11.8 Å². The fourth-order valence-corrected chi connectivity index (χ4v) is 1.11. The standard InChI is InChI=1S/C9H17N3O2/c1-2-11-7(13)3-6-12-8(14)9(10)4-5-9/h2-6,10H2,1H3,(H,11,13)(H,12,14). The lowest BCUT2D eigenvalue weighted by Crippen LogP contribution is -2.43. The molecule has 1 rings (SSSR count). The molecule has 2 amide bonds. The summed E-state index contributed by atoms with van der Waals surface area (Å²) < 4.78 is 0. The van der Waals surface area contributed by atoms with Gasteiger partial charge in [-0.1, -0.05) is 0 Å². The van der Waals surface area contributed by atoms with Crippen LogP contribution in [0, 0.1) is 0 Å². The summed E-state index contributed by atoms with van der Waals surface area (Å²) in [5, 5.41) is 5.30. The second-order valence-electron chi connectivity index (χ2n) is 3.62. The van der Waals surface area contributed by atoms with Crippen molar-refractivity contribution in [3.8, 4) is 0 Å². The van der Waals surface area contributed by atoms with E-state index in [9.17, 15) is 9.59 Å². The van der Waals surface area contributed by atoms with E-state index in [-0.39, 0.29) is 11.8 Å². The van der Waals surface area contributed by atoms with E-state index in [2.05, 4.69) is 10.6 Å². The van der Waals surface area contributed by atoms with E-state index in [0.717, 1.165) is 12.8 Å². The summed E-state index contributed by atoms with van der Waals surface area (Å²) in [6, 6.07) is 0. The molecule has 4 N–H and O–H groups in total. The van der Waals surface area contributed by atoms with Crippen LogP contribution in [0.4, 0.5) is 0 Å². The normalized spacial score (nSPS) is 17.3. The molecule has 5 nitrogen and oxygen atoms in total. The average molecular weight is 199 g/mol. The van der Waals surface area contributed by atoms with Gasteiger partial charge in [0.1, 0.15) is 0 Å². The Kier molecular flexibility index (Phi) is 3.46. The van der Waals surface area contributed by atoms with Gasteiger partial charge in [-0.05, 0) is 19.8 Å². The second kappa shape index (κ2) is 4.41. The minimum Gasteiger partial charge on any atom is -0.356 e. The monoisotopic (exact) mass is 199 g/mol. The lowest BCUT2D eigenvalue weighted by atomic mass is 10.2. The largest absolute Gasteiger partial charge is 0.356 e. The lowest BCUT2D eigenvalue weighted by molar-refractivity contribution is -0.123. The topological polar surface area (TPSA) is 84.2 Å². The van der Waals surface area contributed by atoms with Gasteiger partial charge in [-0.3, -0.25) is 9.59 Å². The first kappa shape index (κ1) is 11.0. The first-order valence-corrected chi connectivity index (χ1v) is 4.92. The smallest absolute Gasteiger partial charge is 0.240 e. The van der Waals surface area contributed by atoms with E-state index in [0.29, 0.717) is 19.5 Å². The zero-order valence-electron chi connectivity index (χ0n) is 8.43. The number of carbonyl (C=O) groups excluding carboxylic acids is 2. The molecule has 0 spiro atoms. The van der Waals surface area contributed by atoms with Crippen molar-refractivity contribution in [2.75, 3.05) is 13.1 Å². The van der Waals surface area contributed by atoms with Gasteiger partial charge in [-0.2, -0.15) is 0 Å². The third-order valence-corrected chi connectivity index (χ3v) is 2.25. The third-order valence-electron chi connectivity index (χ3n) is 2.25. The van der Waals surface area contributed by atoms with Gasteiger partial charge in [-0.25, -0.2) is 0 Å². The number of nitrogens with one attached hydrogen (secondary N) is 2. The van der Waals surface area contributed by atoms with Crippen molar-refractivity contribution in [3.63, 3.8) is 0 Å². The highest BCUT2D eigenvalue weighted by atomic mass is 16.2. The van der Waals surface area contributed by atoms with Crippen molar-refractivity contribution in [3.05, 3.63) is 0 Å². The number of carbonyl (C=O) groups is 2. The molecule has 1 aliphatic carbocycles. The Morgan fingerprint density at radius 2 is 2.00 bits per heavy atom. The van der Waals surface area contributed by atoms with E-state index in [4.69, 9.17) is 5.73 Å². The molecule has 1 saturated carbocycles. The number of hydrogen-bond acceptors (Lipinski definition) is 3. The predicted octanol–water partition coefficient (Wildman–Crippen LogP) is -0.880. The lowest BCUT2D eigenvalue weighted by Gasteiger charge is -2.09. The highest BCUT2D eigenvalue weighted by Crippen LogP contribution is 2.31. The highest BCUT2D eigenvalue weighted by molar-refractivity contribution is 5.89. The molecule has 1 aliphatic rings. The van der Waals surface area contributed by atoms with Crippen molar-refractivity contribution in [2.24, 2.45) is 5.73 Å². The van der Waals surface area contributed by atoms with E-state index in [1.165, 1.54) is 0 Å². The van der Waals surface area contributed by atoms with Crippen molar-refractivity contribution in [1.82, 2.24) is 10.6 Å².